The Labute approximate surface area is 111 Å². The fourth-order valence-electron chi connectivity index (χ4n) is 1.29. The maximum absolute atomic E-state index is 12.4. The number of rotatable bonds is 3. The molecule has 0 saturated carbocycles. The van der Waals surface area contributed by atoms with Gasteiger partial charge in [-0.2, -0.15) is 13.2 Å². The summed E-state index contributed by atoms with van der Waals surface area (Å²) in [6.45, 7) is 0. The summed E-state index contributed by atoms with van der Waals surface area (Å²) in [5.41, 5.74) is 3.44. The standard InChI is InChI=1S/C9H9F3N2O4.ClH/c1-18-6-3-4(14(16)17)2-5(7(6)15)8(13)9(10,11)12;/h2-3,8,15H,13H2,1H3;1H/t8-;/m0./s1. The van der Waals surface area contributed by atoms with E-state index in [0.717, 1.165) is 13.2 Å². The zero-order valence-corrected chi connectivity index (χ0v) is 10.3. The lowest BCUT2D eigenvalue weighted by molar-refractivity contribution is -0.385. The second-order valence-corrected chi connectivity index (χ2v) is 3.36. The van der Waals surface area contributed by atoms with Crippen LogP contribution in [0.3, 0.4) is 0 Å². The Balaban J connectivity index is 0.00000324. The minimum absolute atomic E-state index is 0. The number of halogens is 4. The molecule has 10 heteroatoms. The number of methoxy groups -OCH3 is 1. The predicted molar refractivity (Wildman–Crippen MR) is 61.5 cm³/mol. The summed E-state index contributed by atoms with van der Waals surface area (Å²) in [7, 11) is 1.06. The van der Waals surface area contributed by atoms with Gasteiger partial charge in [-0.1, -0.05) is 0 Å². The molecular weight excluding hydrogens is 293 g/mol. The molecule has 6 nitrogen and oxygen atoms in total. The van der Waals surface area contributed by atoms with Crippen molar-refractivity contribution in [3.8, 4) is 11.5 Å². The quantitative estimate of drug-likeness (QED) is 0.659. The van der Waals surface area contributed by atoms with Crippen LogP contribution in [0.15, 0.2) is 12.1 Å². The minimum atomic E-state index is -4.84. The number of hydrogen-bond donors (Lipinski definition) is 2. The number of nitro benzene ring substituents is 1. The number of phenols is 1. The molecule has 0 aliphatic rings. The molecule has 1 rings (SSSR count). The predicted octanol–water partition coefficient (Wildman–Crippen LogP) is 2.29. The summed E-state index contributed by atoms with van der Waals surface area (Å²) < 4.78 is 41.9. The van der Waals surface area contributed by atoms with Crippen molar-refractivity contribution in [2.75, 3.05) is 7.11 Å². The highest BCUT2D eigenvalue weighted by atomic mass is 35.5. The van der Waals surface area contributed by atoms with Crippen molar-refractivity contribution in [2.24, 2.45) is 5.73 Å². The molecule has 0 fully saturated rings. The lowest BCUT2D eigenvalue weighted by Gasteiger charge is -2.18. The lowest BCUT2D eigenvalue weighted by atomic mass is 10.0. The van der Waals surface area contributed by atoms with Gasteiger partial charge in [0.05, 0.1) is 18.1 Å². The highest BCUT2D eigenvalue weighted by molar-refractivity contribution is 5.85. The molecule has 0 aliphatic heterocycles. The highest BCUT2D eigenvalue weighted by Crippen LogP contribution is 2.41. The Hall–Kier alpha value is -1.74. The van der Waals surface area contributed by atoms with Crippen LogP contribution in [0.1, 0.15) is 11.6 Å². The van der Waals surface area contributed by atoms with Crippen LogP contribution in [0.25, 0.3) is 0 Å². The van der Waals surface area contributed by atoms with Gasteiger partial charge in [0.25, 0.3) is 5.69 Å². The summed E-state index contributed by atoms with van der Waals surface area (Å²) in [6.07, 6.45) is -4.84. The van der Waals surface area contributed by atoms with Gasteiger partial charge >= 0.3 is 6.18 Å². The SMILES string of the molecule is COc1cc([N+](=O)[O-])cc([C@H](N)C(F)(F)F)c1O.Cl. The number of benzene rings is 1. The van der Waals surface area contributed by atoms with Gasteiger partial charge in [-0.3, -0.25) is 10.1 Å². The Bertz CT molecular complexity index is 481. The number of alkyl halides is 3. The van der Waals surface area contributed by atoms with Gasteiger partial charge in [-0.15, -0.1) is 12.4 Å². The number of phenolic OH excluding ortho intramolecular Hbond substituents is 1. The van der Waals surface area contributed by atoms with E-state index in [4.69, 9.17) is 5.73 Å². The first-order valence-electron chi connectivity index (χ1n) is 4.56. The maximum Gasteiger partial charge on any atom is 0.407 e. The van der Waals surface area contributed by atoms with Crippen LogP contribution < -0.4 is 10.5 Å². The topological polar surface area (TPSA) is 98.6 Å². The molecule has 0 radical (unpaired) electrons. The summed E-state index contributed by atoms with van der Waals surface area (Å²) >= 11 is 0. The number of ether oxygens (including phenoxy) is 1. The smallest absolute Gasteiger partial charge is 0.407 e. The zero-order chi connectivity index (χ0) is 14.1. The molecule has 3 N–H and O–H groups in total. The first kappa shape index (κ1) is 17.3. The van der Waals surface area contributed by atoms with E-state index in [1.54, 1.807) is 0 Å². The van der Waals surface area contributed by atoms with Crippen LogP contribution in [-0.4, -0.2) is 23.3 Å². The number of hydrogen-bond acceptors (Lipinski definition) is 5. The monoisotopic (exact) mass is 302 g/mol. The summed E-state index contributed by atoms with van der Waals surface area (Å²) in [4.78, 5) is 9.64. The largest absolute Gasteiger partial charge is 0.504 e. The Morgan fingerprint density at radius 3 is 2.37 bits per heavy atom. The van der Waals surface area contributed by atoms with Crippen molar-refractivity contribution in [3.05, 3.63) is 27.8 Å². The molecule has 0 aromatic heterocycles. The molecule has 19 heavy (non-hydrogen) atoms. The van der Waals surface area contributed by atoms with E-state index >= 15 is 0 Å². The molecule has 0 saturated heterocycles. The molecule has 0 unspecified atom stereocenters. The van der Waals surface area contributed by atoms with Crippen LogP contribution in [0.2, 0.25) is 0 Å². The second-order valence-electron chi connectivity index (χ2n) is 3.36. The molecule has 108 valence electrons. The van der Waals surface area contributed by atoms with Gasteiger partial charge in [0.1, 0.15) is 6.04 Å². The van der Waals surface area contributed by atoms with Crippen molar-refractivity contribution >= 4 is 18.1 Å². The van der Waals surface area contributed by atoms with Crippen molar-refractivity contribution in [1.29, 1.82) is 0 Å². The van der Waals surface area contributed by atoms with Crippen molar-refractivity contribution in [3.63, 3.8) is 0 Å². The first-order valence-corrected chi connectivity index (χ1v) is 4.56. The van der Waals surface area contributed by atoms with Crippen molar-refractivity contribution in [1.82, 2.24) is 0 Å². The third-order valence-electron chi connectivity index (χ3n) is 2.21. The van der Waals surface area contributed by atoms with Crippen LogP contribution in [0.4, 0.5) is 18.9 Å². The fraction of sp³-hybridized carbons (Fsp3) is 0.333. The van der Waals surface area contributed by atoms with Gasteiger partial charge in [0.2, 0.25) is 0 Å². The molecule has 0 heterocycles. The van der Waals surface area contributed by atoms with Gasteiger partial charge < -0.3 is 15.6 Å². The molecule has 1 atom stereocenters. The molecule has 0 bridgehead atoms. The molecule has 1 aromatic rings. The summed E-state index contributed by atoms with van der Waals surface area (Å²) in [5.74, 6) is -1.31. The summed E-state index contributed by atoms with van der Waals surface area (Å²) in [6, 6.07) is -1.16. The third-order valence-corrected chi connectivity index (χ3v) is 2.21. The van der Waals surface area contributed by atoms with E-state index in [1.165, 1.54) is 0 Å². The van der Waals surface area contributed by atoms with Gasteiger partial charge in [-0.25, -0.2) is 0 Å². The van der Waals surface area contributed by atoms with Gasteiger partial charge in [0, 0.05) is 11.6 Å². The molecule has 0 aliphatic carbocycles. The second kappa shape index (κ2) is 5.93. The molecule has 0 spiro atoms. The zero-order valence-electron chi connectivity index (χ0n) is 9.47. The Morgan fingerprint density at radius 1 is 1.47 bits per heavy atom. The average Bonchev–Trinajstić information content (AvgIpc) is 2.26. The van der Waals surface area contributed by atoms with E-state index in [1.807, 2.05) is 0 Å². The lowest BCUT2D eigenvalue weighted by Crippen LogP contribution is -2.28. The van der Waals surface area contributed by atoms with E-state index in [-0.39, 0.29) is 12.4 Å². The number of nitrogens with zero attached hydrogens (tertiary/aromatic N) is 1. The summed E-state index contributed by atoms with van der Waals surface area (Å²) in [5, 5.41) is 20.1. The number of aromatic hydroxyl groups is 1. The molecule has 0 amide bonds. The van der Waals surface area contributed by atoms with Crippen LogP contribution in [0, 0.1) is 10.1 Å². The number of non-ortho nitro benzene ring substituents is 1. The first-order chi connectivity index (χ1) is 8.18. The minimum Gasteiger partial charge on any atom is -0.504 e. The Kier molecular flexibility index (Phi) is 5.39. The van der Waals surface area contributed by atoms with E-state index in [0.29, 0.717) is 6.07 Å². The van der Waals surface area contributed by atoms with Gasteiger partial charge in [0.15, 0.2) is 11.5 Å². The normalized spacial score (nSPS) is 12.5. The van der Waals surface area contributed by atoms with Crippen LogP contribution in [-0.2, 0) is 0 Å². The van der Waals surface area contributed by atoms with E-state index in [9.17, 15) is 28.4 Å². The van der Waals surface area contributed by atoms with Crippen molar-refractivity contribution in [2.45, 2.75) is 12.2 Å². The number of nitro groups is 1. The van der Waals surface area contributed by atoms with Crippen LogP contribution in [0.5, 0.6) is 11.5 Å². The van der Waals surface area contributed by atoms with Crippen molar-refractivity contribution < 1.29 is 27.9 Å². The number of nitrogens with two attached hydrogens (primary N) is 1. The van der Waals surface area contributed by atoms with E-state index < -0.39 is 39.9 Å². The highest BCUT2D eigenvalue weighted by Gasteiger charge is 2.40. The van der Waals surface area contributed by atoms with E-state index in [2.05, 4.69) is 4.74 Å². The van der Waals surface area contributed by atoms with Gasteiger partial charge in [-0.05, 0) is 0 Å². The maximum atomic E-state index is 12.4. The fourth-order valence-corrected chi connectivity index (χ4v) is 1.29. The van der Waals surface area contributed by atoms with Crippen LogP contribution >= 0.6 is 12.4 Å². The Morgan fingerprint density at radius 2 is 2.00 bits per heavy atom. The average molecular weight is 303 g/mol. The molecular formula is C9H10ClF3N2O4. The molecule has 1 aromatic carbocycles. The third kappa shape index (κ3) is 3.61.